The van der Waals surface area contributed by atoms with E-state index in [4.69, 9.17) is 20.4 Å². The van der Waals surface area contributed by atoms with E-state index in [2.05, 4.69) is 4.42 Å². The summed E-state index contributed by atoms with van der Waals surface area (Å²) >= 11 is 0. The van der Waals surface area contributed by atoms with Gasteiger partial charge in [-0.1, -0.05) is 25.7 Å². The Hall–Kier alpha value is -1.86. The number of carbonyl (C=O) groups is 2. The number of unbranched alkanes of at least 4 members (excludes halogenated alkanes) is 5. The van der Waals surface area contributed by atoms with Crippen molar-refractivity contribution in [2.75, 3.05) is 13.2 Å². The fourth-order valence-corrected chi connectivity index (χ4v) is 1.57. The number of carboxylic acid groups (broad SMARTS) is 2. The summed E-state index contributed by atoms with van der Waals surface area (Å²) in [7, 11) is 0. The molecule has 0 saturated heterocycles. The molecule has 0 saturated carbocycles. The van der Waals surface area contributed by atoms with Crippen LogP contribution in [0, 0.1) is 0 Å². The molecule has 7 heteroatoms. The number of hydrogen-bond donors (Lipinski definition) is 4. The lowest BCUT2D eigenvalue weighted by molar-refractivity contribution is 0.0626. The molecule has 0 atom stereocenters. The number of aliphatic hydroxyl groups is 2. The van der Waals surface area contributed by atoms with Crippen LogP contribution in [0.1, 0.15) is 59.4 Å². The molecule has 1 heterocycles. The van der Waals surface area contributed by atoms with Gasteiger partial charge in [0.25, 0.3) is 0 Å². The third-order valence-electron chi connectivity index (χ3n) is 2.66. The summed E-state index contributed by atoms with van der Waals surface area (Å²) < 4.78 is 4.41. The molecule has 0 unspecified atom stereocenters. The summed E-state index contributed by atoms with van der Waals surface area (Å²) in [6.07, 6.45) is 7.52. The molecule has 120 valence electrons. The van der Waals surface area contributed by atoms with E-state index in [0.29, 0.717) is 13.2 Å². The SMILES string of the molecule is O=C(O)c1ccoc1C(=O)O.OCCCCCCCCO. The van der Waals surface area contributed by atoms with Gasteiger partial charge in [0, 0.05) is 13.2 Å². The zero-order valence-corrected chi connectivity index (χ0v) is 11.8. The van der Waals surface area contributed by atoms with Gasteiger partial charge in [-0.3, -0.25) is 0 Å². The summed E-state index contributed by atoms with van der Waals surface area (Å²) in [6.45, 7) is 0.639. The zero-order valence-electron chi connectivity index (χ0n) is 11.8. The van der Waals surface area contributed by atoms with Crippen molar-refractivity contribution in [3.8, 4) is 0 Å². The van der Waals surface area contributed by atoms with Gasteiger partial charge in [0.1, 0.15) is 5.56 Å². The van der Waals surface area contributed by atoms with Gasteiger partial charge < -0.3 is 24.8 Å². The predicted octanol–water partition coefficient (Wildman–Crippen LogP) is 1.99. The molecule has 0 aliphatic heterocycles. The molecule has 0 spiro atoms. The molecule has 4 N–H and O–H groups in total. The van der Waals surface area contributed by atoms with Gasteiger partial charge in [-0.25, -0.2) is 9.59 Å². The van der Waals surface area contributed by atoms with Gasteiger partial charge in [0.15, 0.2) is 0 Å². The second-order valence-corrected chi connectivity index (χ2v) is 4.34. The summed E-state index contributed by atoms with van der Waals surface area (Å²) in [4.78, 5) is 20.5. The fourth-order valence-electron chi connectivity index (χ4n) is 1.57. The molecular formula is C14H22O7. The highest BCUT2D eigenvalue weighted by atomic mass is 16.4. The molecule has 0 bridgehead atoms. The summed E-state index contributed by atoms with van der Waals surface area (Å²) in [5, 5.41) is 33.6. The maximum absolute atomic E-state index is 10.3. The maximum atomic E-state index is 10.3. The van der Waals surface area contributed by atoms with E-state index in [1.165, 1.54) is 12.8 Å². The first-order valence-corrected chi connectivity index (χ1v) is 6.80. The summed E-state index contributed by atoms with van der Waals surface area (Å²) in [5.74, 6) is -3.24. The van der Waals surface area contributed by atoms with Crippen LogP contribution in [-0.4, -0.2) is 45.6 Å². The molecule has 7 nitrogen and oxygen atoms in total. The molecule has 0 aliphatic rings. The molecular weight excluding hydrogens is 280 g/mol. The van der Waals surface area contributed by atoms with Crippen molar-refractivity contribution in [1.29, 1.82) is 0 Å². The number of furan rings is 1. The van der Waals surface area contributed by atoms with Crippen LogP contribution in [0.3, 0.4) is 0 Å². The Kier molecular flexibility index (Phi) is 10.9. The lowest BCUT2D eigenvalue weighted by Crippen LogP contribution is -2.03. The van der Waals surface area contributed by atoms with Crippen molar-refractivity contribution >= 4 is 11.9 Å². The molecule has 1 rings (SSSR count). The quantitative estimate of drug-likeness (QED) is 0.513. The highest BCUT2D eigenvalue weighted by molar-refractivity contribution is 5.99. The average Bonchev–Trinajstić information content (AvgIpc) is 2.93. The van der Waals surface area contributed by atoms with Gasteiger partial charge in [-0.2, -0.15) is 0 Å². The first-order valence-electron chi connectivity index (χ1n) is 6.80. The Morgan fingerprint density at radius 1 is 0.857 bits per heavy atom. The van der Waals surface area contributed by atoms with E-state index in [-0.39, 0.29) is 5.56 Å². The molecule has 1 aromatic heterocycles. The average molecular weight is 302 g/mol. The third kappa shape index (κ3) is 8.83. The predicted molar refractivity (Wildman–Crippen MR) is 74.5 cm³/mol. The normalized spacial score (nSPS) is 9.81. The Morgan fingerprint density at radius 2 is 1.33 bits per heavy atom. The van der Waals surface area contributed by atoms with E-state index < -0.39 is 17.7 Å². The molecule has 1 aromatic rings. The smallest absolute Gasteiger partial charge is 0.372 e. The summed E-state index contributed by atoms with van der Waals surface area (Å²) in [6, 6.07) is 1.09. The van der Waals surface area contributed by atoms with Gasteiger partial charge in [0.05, 0.1) is 6.26 Å². The highest BCUT2D eigenvalue weighted by Gasteiger charge is 2.18. The van der Waals surface area contributed by atoms with Crippen LogP contribution in [0.4, 0.5) is 0 Å². The van der Waals surface area contributed by atoms with Crippen molar-refractivity contribution in [1.82, 2.24) is 0 Å². The highest BCUT2D eigenvalue weighted by Crippen LogP contribution is 2.09. The maximum Gasteiger partial charge on any atom is 0.372 e. The topological polar surface area (TPSA) is 128 Å². The summed E-state index contributed by atoms with van der Waals surface area (Å²) in [5.41, 5.74) is -0.336. The molecule has 0 aliphatic carbocycles. The van der Waals surface area contributed by atoms with Crippen molar-refractivity contribution in [2.24, 2.45) is 0 Å². The Bertz CT molecular complexity index is 375. The van der Waals surface area contributed by atoms with Crippen LogP contribution >= 0.6 is 0 Å². The minimum atomic E-state index is -1.38. The second-order valence-electron chi connectivity index (χ2n) is 4.34. The number of hydrogen-bond acceptors (Lipinski definition) is 5. The second kappa shape index (κ2) is 11.9. The molecule has 0 aromatic carbocycles. The van der Waals surface area contributed by atoms with Crippen molar-refractivity contribution in [3.05, 3.63) is 23.7 Å². The van der Waals surface area contributed by atoms with E-state index in [1.54, 1.807) is 0 Å². The Balaban J connectivity index is 0.000000384. The lowest BCUT2D eigenvalue weighted by atomic mass is 10.1. The molecule has 0 fully saturated rings. The molecule has 0 amide bonds. The van der Waals surface area contributed by atoms with Gasteiger partial charge in [0.2, 0.25) is 5.76 Å². The van der Waals surface area contributed by atoms with Crippen LogP contribution in [0.2, 0.25) is 0 Å². The number of rotatable bonds is 9. The fraction of sp³-hybridized carbons (Fsp3) is 0.571. The van der Waals surface area contributed by atoms with E-state index in [9.17, 15) is 9.59 Å². The minimum absolute atomic E-state index is 0.319. The minimum Gasteiger partial charge on any atom is -0.478 e. The van der Waals surface area contributed by atoms with E-state index in [0.717, 1.165) is 38.0 Å². The molecule has 0 radical (unpaired) electrons. The van der Waals surface area contributed by atoms with Crippen molar-refractivity contribution in [2.45, 2.75) is 38.5 Å². The van der Waals surface area contributed by atoms with Crippen LogP contribution < -0.4 is 0 Å². The number of aliphatic hydroxyl groups excluding tert-OH is 2. The van der Waals surface area contributed by atoms with Crippen LogP contribution in [0.5, 0.6) is 0 Å². The standard InChI is InChI=1S/C8H18O2.C6H4O5/c9-7-5-3-1-2-4-6-8-10;7-5(8)3-1-2-11-4(3)6(9)10/h9-10H,1-8H2;1-2H,(H,7,8)(H,9,10). The van der Waals surface area contributed by atoms with Gasteiger partial charge in [-0.15, -0.1) is 0 Å². The third-order valence-corrected chi connectivity index (χ3v) is 2.66. The monoisotopic (exact) mass is 302 g/mol. The number of aromatic carboxylic acids is 2. The number of carboxylic acids is 2. The lowest BCUT2D eigenvalue weighted by Gasteiger charge is -1.97. The zero-order chi connectivity index (χ0) is 16.1. The van der Waals surface area contributed by atoms with Gasteiger partial charge in [-0.05, 0) is 18.9 Å². The van der Waals surface area contributed by atoms with Crippen molar-refractivity contribution in [3.63, 3.8) is 0 Å². The Morgan fingerprint density at radius 3 is 1.67 bits per heavy atom. The van der Waals surface area contributed by atoms with Crippen molar-refractivity contribution < 1.29 is 34.4 Å². The largest absolute Gasteiger partial charge is 0.478 e. The van der Waals surface area contributed by atoms with E-state index >= 15 is 0 Å². The Labute approximate surface area is 122 Å². The first-order chi connectivity index (χ1) is 10.0. The van der Waals surface area contributed by atoms with Crippen LogP contribution in [0.25, 0.3) is 0 Å². The van der Waals surface area contributed by atoms with Crippen LogP contribution in [-0.2, 0) is 0 Å². The van der Waals surface area contributed by atoms with Crippen LogP contribution in [0.15, 0.2) is 16.7 Å². The first kappa shape index (κ1) is 19.1. The van der Waals surface area contributed by atoms with Gasteiger partial charge >= 0.3 is 11.9 Å². The molecule has 21 heavy (non-hydrogen) atoms. The van der Waals surface area contributed by atoms with E-state index in [1.807, 2.05) is 0 Å².